The molecule has 4 nitrogen and oxygen atoms in total. The SMILES string of the molecule is COc1ccc(CN(C(=O)c2cccc(Cl)c2)C2CCCC2)cc1OC(C)C. The quantitative estimate of drug-likeness (QED) is 0.595. The number of ether oxygens (including phenoxy) is 2. The minimum absolute atomic E-state index is 0.0246. The van der Waals surface area contributed by atoms with Gasteiger partial charge in [0.1, 0.15) is 0 Å². The van der Waals surface area contributed by atoms with Crippen molar-refractivity contribution in [3.63, 3.8) is 0 Å². The lowest BCUT2D eigenvalue weighted by Gasteiger charge is -2.29. The van der Waals surface area contributed by atoms with Gasteiger partial charge in [0.2, 0.25) is 0 Å². The monoisotopic (exact) mass is 401 g/mol. The average molecular weight is 402 g/mol. The van der Waals surface area contributed by atoms with Gasteiger partial charge in [0.25, 0.3) is 5.91 Å². The average Bonchev–Trinajstić information content (AvgIpc) is 3.20. The molecule has 0 aromatic heterocycles. The van der Waals surface area contributed by atoms with E-state index in [1.807, 2.05) is 49.1 Å². The van der Waals surface area contributed by atoms with Gasteiger partial charge < -0.3 is 14.4 Å². The second-order valence-electron chi connectivity index (χ2n) is 7.53. The molecule has 0 bridgehead atoms. The van der Waals surface area contributed by atoms with Crippen molar-refractivity contribution in [2.75, 3.05) is 7.11 Å². The molecule has 0 atom stereocenters. The van der Waals surface area contributed by atoms with Gasteiger partial charge in [0.15, 0.2) is 11.5 Å². The minimum Gasteiger partial charge on any atom is -0.493 e. The number of carbonyl (C=O) groups is 1. The van der Waals surface area contributed by atoms with E-state index >= 15 is 0 Å². The third-order valence-corrected chi connectivity index (χ3v) is 5.28. The Morgan fingerprint density at radius 1 is 1.14 bits per heavy atom. The van der Waals surface area contributed by atoms with E-state index in [0.717, 1.165) is 31.2 Å². The number of hydrogen-bond acceptors (Lipinski definition) is 3. The maximum absolute atomic E-state index is 13.3. The van der Waals surface area contributed by atoms with Gasteiger partial charge in [0, 0.05) is 23.2 Å². The number of carbonyl (C=O) groups excluding carboxylic acids is 1. The smallest absolute Gasteiger partial charge is 0.254 e. The standard InChI is InChI=1S/C23H28ClNO3/c1-16(2)28-22-13-17(11-12-21(22)27-3)15-25(20-9-4-5-10-20)23(26)18-7-6-8-19(24)14-18/h6-8,11-14,16,20H,4-5,9-10,15H2,1-3H3. The second kappa shape index (κ2) is 9.33. The van der Waals surface area contributed by atoms with Gasteiger partial charge in [-0.2, -0.15) is 0 Å². The Morgan fingerprint density at radius 2 is 1.89 bits per heavy atom. The summed E-state index contributed by atoms with van der Waals surface area (Å²) in [6.07, 6.45) is 4.45. The molecule has 3 rings (SSSR count). The van der Waals surface area contributed by atoms with Crippen molar-refractivity contribution in [3.8, 4) is 11.5 Å². The summed E-state index contributed by atoms with van der Waals surface area (Å²) in [4.78, 5) is 15.3. The van der Waals surface area contributed by atoms with E-state index in [-0.39, 0.29) is 18.1 Å². The zero-order chi connectivity index (χ0) is 20.1. The van der Waals surface area contributed by atoms with Crippen LogP contribution in [0.3, 0.4) is 0 Å². The van der Waals surface area contributed by atoms with E-state index in [2.05, 4.69) is 0 Å². The summed E-state index contributed by atoms with van der Waals surface area (Å²) in [5.41, 5.74) is 1.66. The fraction of sp³-hybridized carbons (Fsp3) is 0.435. The van der Waals surface area contributed by atoms with Gasteiger partial charge in [-0.05, 0) is 62.6 Å². The Bertz CT molecular complexity index is 815. The van der Waals surface area contributed by atoms with Gasteiger partial charge in [0.05, 0.1) is 13.2 Å². The van der Waals surface area contributed by atoms with Crippen LogP contribution >= 0.6 is 11.6 Å². The van der Waals surface area contributed by atoms with Gasteiger partial charge in [-0.15, -0.1) is 0 Å². The third kappa shape index (κ3) is 4.99. The summed E-state index contributed by atoms with van der Waals surface area (Å²) in [6.45, 7) is 4.51. The highest BCUT2D eigenvalue weighted by Crippen LogP contribution is 2.32. The molecule has 0 heterocycles. The molecular formula is C23H28ClNO3. The van der Waals surface area contributed by atoms with Crippen LogP contribution < -0.4 is 9.47 Å². The highest BCUT2D eigenvalue weighted by molar-refractivity contribution is 6.30. The maximum Gasteiger partial charge on any atom is 0.254 e. The van der Waals surface area contributed by atoms with Gasteiger partial charge in [-0.25, -0.2) is 0 Å². The van der Waals surface area contributed by atoms with E-state index in [9.17, 15) is 4.79 Å². The molecule has 0 spiro atoms. The van der Waals surface area contributed by atoms with E-state index in [4.69, 9.17) is 21.1 Å². The molecule has 150 valence electrons. The number of benzene rings is 2. The van der Waals surface area contributed by atoms with E-state index in [1.54, 1.807) is 19.2 Å². The van der Waals surface area contributed by atoms with Crippen molar-refractivity contribution < 1.29 is 14.3 Å². The van der Waals surface area contributed by atoms with Crippen LogP contribution in [0.25, 0.3) is 0 Å². The first-order valence-corrected chi connectivity index (χ1v) is 10.3. The lowest BCUT2D eigenvalue weighted by atomic mass is 10.1. The van der Waals surface area contributed by atoms with Crippen LogP contribution in [-0.4, -0.2) is 30.1 Å². The highest BCUT2D eigenvalue weighted by Gasteiger charge is 2.28. The van der Waals surface area contributed by atoms with Gasteiger partial charge >= 0.3 is 0 Å². The van der Waals surface area contributed by atoms with Crippen molar-refractivity contribution in [2.24, 2.45) is 0 Å². The van der Waals surface area contributed by atoms with Crippen LogP contribution in [-0.2, 0) is 6.54 Å². The Kier molecular flexibility index (Phi) is 6.84. The molecule has 0 unspecified atom stereocenters. The Hall–Kier alpha value is -2.20. The fourth-order valence-corrected chi connectivity index (χ4v) is 3.92. The molecule has 0 N–H and O–H groups in total. The summed E-state index contributed by atoms with van der Waals surface area (Å²) in [6, 6.07) is 13.3. The lowest BCUT2D eigenvalue weighted by molar-refractivity contribution is 0.0664. The molecule has 2 aromatic carbocycles. The Balaban J connectivity index is 1.88. The molecule has 0 saturated heterocycles. The van der Waals surface area contributed by atoms with Gasteiger partial charge in [-0.3, -0.25) is 4.79 Å². The summed E-state index contributed by atoms with van der Waals surface area (Å²) in [5, 5.41) is 0.578. The normalized spacial score (nSPS) is 14.3. The number of amides is 1. The van der Waals surface area contributed by atoms with Gasteiger partial charge in [-0.1, -0.05) is 36.6 Å². The molecule has 1 fully saturated rings. The first kappa shape index (κ1) is 20.5. The zero-order valence-corrected chi connectivity index (χ0v) is 17.5. The van der Waals surface area contributed by atoms with Crippen LogP contribution in [0, 0.1) is 0 Å². The second-order valence-corrected chi connectivity index (χ2v) is 7.97. The maximum atomic E-state index is 13.3. The molecule has 0 aliphatic heterocycles. The number of halogens is 1. The van der Waals surface area contributed by atoms with Crippen molar-refractivity contribution in [1.29, 1.82) is 0 Å². The Morgan fingerprint density at radius 3 is 2.54 bits per heavy atom. The summed E-state index contributed by atoms with van der Waals surface area (Å²) in [7, 11) is 1.63. The largest absolute Gasteiger partial charge is 0.493 e. The van der Waals surface area contributed by atoms with Crippen LogP contribution in [0.1, 0.15) is 55.5 Å². The number of rotatable bonds is 7. The van der Waals surface area contributed by atoms with Crippen LogP contribution in [0.15, 0.2) is 42.5 Å². The van der Waals surface area contributed by atoms with E-state index in [1.165, 1.54) is 0 Å². The first-order chi connectivity index (χ1) is 13.5. The molecule has 28 heavy (non-hydrogen) atoms. The highest BCUT2D eigenvalue weighted by atomic mass is 35.5. The van der Waals surface area contributed by atoms with E-state index < -0.39 is 0 Å². The third-order valence-electron chi connectivity index (χ3n) is 5.04. The lowest BCUT2D eigenvalue weighted by Crippen LogP contribution is -2.38. The predicted octanol–water partition coefficient (Wildman–Crippen LogP) is 5.72. The number of hydrogen-bond donors (Lipinski definition) is 0. The summed E-state index contributed by atoms with van der Waals surface area (Å²) < 4.78 is 11.3. The van der Waals surface area contributed by atoms with Crippen LogP contribution in [0.2, 0.25) is 5.02 Å². The van der Waals surface area contributed by atoms with E-state index in [0.29, 0.717) is 28.6 Å². The summed E-state index contributed by atoms with van der Waals surface area (Å²) in [5.74, 6) is 1.43. The Labute approximate surface area is 172 Å². The number of nitrogens with zero attached hydrogens (tertiary/aromatic N) is 1. The predicted molar refractivity (Wildman–Crippen MR) is 112 cm³/mol. The fourth-order valence-electron chi connectivity index (χ4n) is 3.73. The zero-order valence-electron chi connectivity index (χ0n) is 16.8. The molecule has 1 aliphatic carbocycles. The van der Waals surface area contributed by atoms with Crippen molar-refractivity contribution >= 4 is 17.5 Å². The van der Waals surface area contributed by atoms with Crippen molar-refractivity contribution in [1.82, 2.24) is 4.90 Å². The van der Waals surface area contributed by atoms with Crippen LogP contribution in [0.5, 0.6) is 11.5 Å². The van der Waals surface area contributed by atoms with Crippen molar-refractivity contribution in [3.05, 3.63) is 58.6 Å². The molecular weight excluding hydrogens is 374 g/mol. The molecule has 2 aromatic rings. The molecule has 1 aliphatic rings. The summed E-state index contributed by atoms with van der Waals surface area (Å²) >= 11 is 6.11. The molecule has 0 radical (unpaired) electrons. The molecule has 5 heteroatoms. The van der Waals surface area contributed by atoms with Crippen molar-refractivity contribution in [2.45, 2.75) is 58.2 Å². The molecule has 1 amide bonds. The number of methoxy groups -OCH3 is 1. The van der Waals surface area contributed by atoms with Crippen LogP contribution in [0.4, 0.5) is 0 Å². The first-order valence-electron chi connectivity index (χ1n) is 9.88. The topological polar surface area (TPSA) is 38.8 Å². The minimum atomic E-state index is 0.0246. The molecule has 1 saturated carbocycles.